The number of amides is 1. The van der Waals surface area contributed by atoms with E-state index in [1.165, 1.54) is 0 Å². The van der Waals surface area contributed by atoms with Gasteiger partial charge in [0.2, 0.25) is 5.65 Å². The first kappa shape index (κ1) is 19.6. The largest absolute Gasteiger partial charge is 0.497 e. The lowest BCUT2D eigenvalue weighted by Gasteiger charge is -2.11. The highest BCUT2D eigenvalue weighted by atomic mass is 16.5. The van der Waals surface area contributed by atoms with Crippen LogP contribution in [0.25, 0.3) is 16.7 Å². The van der Waals surface area contributed by atoms with Gasteiger partial charge < -0.3 is 15.4 Å². The van der Waals surface area contributed by atoms with Gasteiger partial charge in [-0.1, -0.05) is 18.2 Å². The highest BCUT2D eigenvalue weighted by molar-refractivity contribution is 5.94. The molecule has 4 aromatic rings. The smallest absolute Gasteiger partial charge is 0.251 e. The summed E-state index contributed by atoms with van der Waals surface area (Å²) in [6, 6.07) is 15.0. The van der Waals surface area contributed by atoms with Gasteiger partial charge >= 0.3 is 0 Å². The van der Waals surface area contributed by atoms with Crippen LogP contribution >= 0.6 is 0 Å². The molecule has 154 valence electrons. The molecule has 2 aromatic heterocycles. The molecule has 0 aliphatic heterocycles. The van der Waals surface area contributed by atoms with Crippen LogP contribution in [0.1, 0.15) is 29.0 Å². The van der Waals surface area contributed by atoms with Gasteiger partial charge in [0.05, 0.1) is 18.1 Å². The molecule has 8 heteroatoms. The third kappa shape index (κ3) is 4.03. The highest BCUT2D eigenvalue weighted by Gasteiger charge is 2.13. The topological polar surface area (TPSA) is 93.4 Å². The fraction of sp³-hybridized carbons (Fsp3) is 0.273. The lowest BCUT2D eigenvalue weighted by atomic mass is 10.2. The third-order valence-corrected chi connectivity index (χ3v) is 4.91. The molecule has 1 amide bonds. The van der Waals surface area contributed by atoms with Crippen LogP contribution < -0.4 is 15.4 Å². The number of nitrogens with zero attached hydrogens (tertiary/aromatic N) is 4. The maximum atomic E-state index is 12.1. The number of fused-ring (bicyclic) bond motifs is 3. The van der Waals surface area contributed by atoms with E-state index in [9.17, 15) is 4.79 Å². The minimum Gasteiger partial charge on any atom is -0.497 e. The molecule has 0 unspecified atom stereocenters. The van der Waals surface area contributed by atoms with E-state index in [-0.39, 0.29) is 5.91 Å². The minimum absolute atomic E-state index is 0.0455. The van der Waals surface area contributed by atoms with E-state index in [4.69, 9.17) is 9.72 Å². The fourth-order valence-electron chi connectivity index (χ4n) is 3.35. The van der Waals surface area contributed by atoms with Crippen molar-refractivity contribution in [3.05, 3.63) is 59.9 Å². The van der Waals surface area contributed by atoms with E-state index in [1.807, 2.05) is 59.9 Å². The van der Waals surface area contributed by atoms with Crippen molar-refractivity contribution in [2.75, 3.05) is 25.5 Å². The zero-order valence-electron chi connectivity index (χ0n) is 17.1. The van der Waals surface area contributed by atoms with E-state index >= 15 is 0 Å². The summed E-state index contributed by atoms with van der Waals surface area (Å²) in [4.78, 5) is 16.8. The number of carbonyl (C=O) groups excluding carboxylic acids is 1. The Labute approximate surface area is 174 Å². The van der Waals surface area contributed by atoms with Crippen LogP contribution in [0.5, 0.6) is 5.75 Å². The van der Waals surface area contributed by atoms with Gasteiger partial charge in [0.1, 0.15) is 11.6 Å². The quantitative estimate of drug-likeness (QED) is 0.438. The van der Waals surface area contributed by atoms with E-state index < -0.39 is 0 Å². The molecule has 30 heavy (non-hydrogen) atoms. The van der Waals surface area contributed by atoms with Crippen LogP contribution in [0, 0.1) is 6.92 Å². The third-order valence-electron chi connectivity index (χ3n) is 4.91. The van der Waals surface area contributed by atoms with Crippen molar-refractivity contribution in [1.82, 2.24) is 24.9 Å². The molecule has 0 fully saturated rings. The summed E-state index contributed by atoms with van der Waals surface area (Å²) in [5, 5.41) is 14.8. The number of aryl methyl sites for hydroxylation is 1. The summed E-state index contributed by atoms with van der Waals surface area (Å²) >= 11 is 0. The van der Waals surface area contributed by atoms with Gasteiger partial charge in [-0.25, -0.2) is 4.98 Å². The number of anilines is 1. The number of aromatic nitrogens is 4. The number of methoxy groups -OCH3 is 1. The van der Waals surface area contributed by atoms with E-state index in [0.717, 1.165) is 42.0 Å². The number of unbranched alkanes of at least 4 members (excludes halogenated alkanes) is 1. The Kier molecular flexibility index (Phi) is 5.74. The Morgan fingerprint density at radius 3 is 2.67 bits per heavy atom. The lowest BCUT2D eigenvalue weighted by Crippen LogP contribution is -2.24. The van der Waals surface area contributed by atoms with E-state index in [1.54, 1.807) is 7.11 Å². The van der Waals surface area contributed by atoms with Crippen LogP contribution in [0.4, 0.5) is 5.82 Å². The second kappa shape index (κ2) is 8.77. The van der Waals surface area contributed by atoms with Crippen molar-refractivity contribution in [3.8, 4) is 5.75 Å². The zero-order valence-corrected chi connectivity index (χ0v) is 17.1. The van der Waals surface area contributed by atoms with Crippen molar-refractivity contribution >= 4 is 28.4 Å². The summed E-state index contributed by atoms with van der Waals surface area (Å²) < 4.78 is 7.32. The van der Waals surface area contributed by atoms with Crippen LogP contribution in [0.3, 0.4) is 0 Å². The Morgan fingerprint density at radius 2 is 1.87 bits per heavy atom. The normalized spacial score (nSPS) is 11.0. The molecular weight excluding hydrogens is 380 g/mol. The number of benzene rings is 2. The lowest BCUT2D eigenvalue weighted by molar-refractivity contribution is 0.0953. The van der Waals surface area contributed by atoms with Crippen molar-refractivity contribution in [2.24, 2.45) is 0 Å². The average molecular weight is 404 g/mol. The van der Waals surface area contributed by atoms with Gasteiger partial charge in [0.25, 0.3) is 5.91 Å². The number of hydrogen-bond donors (Lipinski definition) is 2. The molecule has 2 heterocycles. The molecule has 0 spiro atoms. The van der Waals surface area contributed by atoms with Crippen LogP contribution in [-0.4, -0.2) is 45.7 Å². The van der Waals surface area contributed by atoms with Crippen molar-refractivity contribution < 1.29 is 9.53 Å². The second-order valence-corrected chi connectivity index (χ2v) is 6.98. The first-order valence-electron chi connectivity index (χ1n) is 9.94. The number of rotatable bonds is 8. The second-order valence-electron chi connectivity index (χ2n) is 6.98. The van der Waals surface area contributed by atoms with Crippen molar-refractivity contribution in [2.45, 2.75) is 19.8 Å². The van der Waals surface area contributed by atoms with E-state index in [2.05, 4.69) is 20.8 Å². The van der Waals surface area contributed by atoms with Crippen LogP contribution in [-0.2, 0) is 0 Å². The first-order chi connectivity index (χ1) is 14.7. The molecular formula is C22H24N6O2. The highest BCUT2D eigenvalue weighted by Crippen LogP contribution is 2.25. The van der Waals surface area contributed by atoms with Crippen molar-refractivity contribution in [1.29, 1.82) is 0 Å². The summed E-state index contributed by atoms with van der Waals surface area (Å²) in [6.45, 7) is 3.26. The van der Waals surface area contributed by atoms with Crippen LogP contribution in [0.15, 0.2) is 48.5 Å². The minimum atomic E-state index is -0.0455. The zero-order chi connectivity index (χ0) is 20.9. The fourth-order valence-corrected chi connectivity index (χ4v) is 3.35. The molecule has 0 radical (unpaired) electrons. The standard InChI is InChI=1S/C22H24N6O2/c1-15-26-27-21-20(25-18-11-10-17(30-2)14-19(18)28(15)21)23-12-6-7-13-24-22(29)16-8-4-3-5-9-16/h3-5,8-11,14H,6-7,12-13H2,1-2H3,(H,23,25)(H,24,29). The number of hydrogen-bond acceptors (Lipinski definition) is 6. The number of carbonyl (C=O) groups is 1. The Morgan fingerprint density at radius 1 is 1.07 bits per heavy atom. The summed E-state index contributed by atoms with van der Waals surface area (Å²) in [5.41, 5.74) is 3.10. The van der Waals surface area contributed by atoms with Gasteiger partial charge in [0, 0.05) is 24.7 Å². The monoisotopic (exact) mass is 404 g/mol. The summed E-state index contributed by atoms with van der Waals surface area (Å²) in [6.07, 6.45) is 1.75. The molecule has 0 saturated carbocycles. The Bertz CT molecular complexity index is 1170. The van der Waals surface area contributed by atoms with Gasteiger partial charge in [-0.15, -0.1) is 10.2 Å². The van der Waals surface area contributed by atoms with Crippen LogP contribution in [0.2, 0.25) is 0 Å². The molecule has 2 N–H and O–H groups in total. The molecule has 4 rings (SSSR count). The SMILES string of the molecule is COc1ccc2nc(NCCCCNC(=O)c3ccccc3)c3nnc(C)n3c2c1. The van der Waals surface area contributed by atoms with Gasteiger partial charge in [-0.05, 0) is 44.0 Å². The molecule has 2 aromatic carbocycles. The summed E-state index contributed by atoms with van der Waals surface area (Å²) in [5.74, 6) is 2.20. The first-order valence-corrected chi connectivity index (χ1v) is 9.94. The molecule has 0 atom stereocenters. The number of ether oxygens (including phenoxy) is 1. The average Bonchev–Trinajstić information content (AvgIpc) is 3.18. The maximum absolute atomic E-state index is 12.1. The van der Waals surface area contributed by atoms with Gasteiger partial charge in [-0.2, -0.15) is 0 Å². The Balaban J connectivity index is 1.38. The van der Waals surface area contributed by atoms with Gasteiger partial charge in [-0.3, -0.25) is 9.20 Å². The predicted octanol–water partition coefficient (Wildman–Crippen LogP) is 3.22. The molecule has 0 bridgehead atoms. The maximum Gasteiger partial charge on any atom is 0.251 e. The predicted molar refractivity (Wildman–Crippen MR) is 116 cm³/mol. The Hall–Kier alpha value is -3.68. The molecule has 0 aliphatic carbocycles. The van der Waals surface area contributed by atoms with Gasteiger partial charge in [0.15, 0.2) is 5.82 Å². The molecule has 8 nitrogen and oxygen atoms in total. The number of nitrogens with one attached hydrogen (secondary N) is 2. The molecule has 0 saturated heterocycles. The summed E-state index contributed by atoms with van der Waals surface area (Å²) in [7, 11) is 1.64. The molecule has 0 aliphatic rings. The van der Waals surface area contributed by atoms with Crippen molar-refractivity contribution in [3.63, 3.8) is 0 Å². The van der Waals surface area contributed by atoms with E-state index in [0.29, 0.717) is 23.6 Å².